The molecule has 0 amide bonds. The highest BCUT2D eigenvalue weighted by Gasteiger charge is 2.41. The van der Waals surface area contributed by atoms with Gasteiger partial charge in [0.25, 0.3) is 5.69 Å². The lowest BCUT2D eigenvalue weighted by atomic mass is 10.0. The first-order chi connectivity index (χ1) is 8.42. The predicted octanol–water partition coefficient (Wildman–Crippen LogP) is -0.0180. The van der Waals surface area contributed by atoms with Crippen molar-refractivity contribution in [3.63, 3.8) is 0 Å². The van der Waals surface area contributed by atoms with Gasteiger partial charge in [-0.2, -0.15) is 0 Å². The number of anilines is 1. The quantitative estimate of drug-likeness (QED) is 0.572. The maximum atomic E-state index is 11.0. The minimum atomic E-state index is -1.27. The van der Waals surface area contributed by atoms with Gasteiger partial charge in [0.15, 0.2) is 0 Å². The third kappa shape index (κ3) is 2.09. The molecule has 0 aromatic carbocycles. The van der Waals surface area contributed by atoms with Crippen LogP contribution in [0.25, 0.3) is 0 Å². The number of nitro groups is 1. The second kappa shape index (κ2) is 4.22. The summed E-state index contributed by atoms with van der Waals surface area (Å²) in [5, 5.41) is 19.5. The molecular weight excluding hydrogens is 240 g/mol. The van der Waals surface area contributed by atoms with E-state index in [0.717, 1.165) is 6.20 Å². The molecule has 1 unspecified atom stereocenters. The van der Waals surface area contributed by atoms with Crippen LogP contribution in [-0.4, -0.2) is 39.6 Å². The highest BCUT2D eigenvalue weighted by molar-refractivity contribution is 5.80. The Morgan fingerprint density at radius 2 is 2.33 bits per heavy atom. The predicted molar refractivity (Wildman–Crippen MR) is 62.3 cm³/mol. The molecule has 2 heterocycles. The normalized spacial score (nSPS) is 23.1. The smallest absolute Gasteiger partial charge is 0.325 e. The fourth-order valence-electron chi connectivity index (χ4n) is 1.88. The van der Waals surface area contributed by atoms with E-state index in [0.29, 0.717) is 18.8 Å². The van der Waals surface area contributed by atoms with Gasteiger partial charge >= 0.3 is 5.97 Å². The Hall–Kier alpha value is -2.22. The van der Waals surface area contributed by atoms with Crippen LogP contribution >= 0.6 is 0 Å². The van der Waals surface area contributed by atoms with E-state index in [1.165, 1.54) is 12.1 Å². The van der Waals surface area contributed by atoms with Gasteiger partial charge in [0.1, 0.15) is 17.6 Å². The van der Waals surface area contributed by atoms with Crippen LogP contribution in [0.3, 0.4) is 0 Å². The molecule has 0 spiro atoms. The van der Waals surface area contributed by atoms with E-state index in [-0.39, 0.29) is 12.2 Å². The van der Waals surface area contributed by atoms with Gasteiger partial charge in [0, 0.05) is 19.2 Å². The van der Waals surface area contributed by atoms with Crippen molar-refractivity contribution in [1.82, 2.24) is 4.98 Å². The molecule has 1 aromatic rings. The fraction of sp³-hybridized carbons (Fsp3) is 0.400. The maximum absolute atomic E-state index is 11.0. The van der Waals surface area contributed by atoms with Crippen molar-refractivity contribution in [1.29, 1.82) is 0 Å². The van der Waals surface area contributed by atoms with Crippen LogP contribution < -0.4 is 10.6 Å². The summed E-state index contributed by atoms with van der Waals surface area (Å²) in [6, 6.07) is 2.82. The Labute approximate surface area is 102 Å². The lowest BCUT2D eigenvalue weighted by molar-refractivity contribution is -0.385. The average molecular weight is 252 g/mol. The van der Waals surface area contributed by atoms with Crippen LogP contribution in [0.1, 0.15) is 6.42 Å². The third-order valence-corrected chi connectivity index (χ3v) is 2.99. The minimum absolute atomic E-state index is 0.102. The number of hydrogen-bond donors (Lipinski definition) is 2. The van der Waals surface area contributed by atoms with E-state index >= 15 is 0 Å². The summed E-state index contributed by atoms with van der Waals surface area (Å²) in [6.45, 7) is 0.612. The molecule has 1 atom stereocenters. The van der Waals surface area contributed by atoms with E-state index in [9.17, 15) is 14.9 Å². The second-order valence-corrected chi connectivity index (χ2v) is 4.26. The molecule has 0 radical (unpaired) electrons. The molecule has 18 heavy (non-hydrogen) atoms. The Balaban J connectivity index is 2.15. The highest BCUT2D eigenvalue weighted by atomic mass is 16.6. The molecule has 1 aliphatic heterocycles. The number of carboxylic acids is 1. The first kappa shape index (κ1) is 12.2. The molecule has 8 nitrogen and oxygen atoms in total. The van der Waals surface area contributed by atoms with E-state index in [1.807, 2.05) is 0 Å². The van der Waals surface area contributed by atoms with Gasteiger partial charge in [0.2, 0.25) is 0 Å². The first-order valence-corrected chi connectivity index (χ1v) is 5.30. The lowest BCUT2D eigenvalue weighted by Gasteiger charge is -2.20. The van der Waals surface area contributed by atoms with Crippen LogP contribution in [0, 0.1) is 10.1 Å². The van der Waals surface area contributed by atoms with Gasteiger partial charge < -0.3 is 15.7 Å². The van der Waals surface area contributed by atoms with Gasteiger partial charge in [-0.25, -0.2) is 4.98 Å². The third-order valence-electron chi connectivity index (χ3n) is 2.99. The Morgan fingerprint density at radius 1 is 1.61 bits per heavy atom. The van der Waals surface area contributed by atoms with Crippen LogP contribution in [0.15, 0.2) is 18.3 Å². The van der Waals surface area contributed by atoms with E-state index in [2.05, 4.69) is 4.98 Å². The number of nitrogens with zero attached hydrogens (tertiary/aromatic N) is 3. The number of aliphatic carboxylic acids is 1. The van der Waals surface area contributed by atoms with Crippen molar-refractivity contribution in [2.75, 3.05) is 18.0 Å². The summed E-state index contributed by atoms with van der Waals surface area (Å²) in [4.78, 5) is 26.6. The lowest BCUT2D eigenvalue weighted by Crippen LogP contribution is -2.50. The van der Waals surface area contributed by atoms with Crippen molar-refractivity contribution in [3.05, 3.63) is 28.4 Å². The van der Waals surface area contributed by atoms with Crippen molar-refractivity contribution in [2.45, 2.75) is 12.0 Å². The van der Waals surface area contributed by atoms with Crippen LogP contribution in [0.5, 0.6) is 0 Å². The van der Waals surface area contributed by atoms with E-state index in [4.69, 9.17) is 10.8 Å². The number of aromatic nitrogens is 1. The van der Waals surface area contributed by atoms with Crippen molar-refractivity contribution in [2.24, 2.45) is 5.73 Å². The van der Waals surface area contributed by atoms with Crippen molar-refractivity contribution in [3.8, 4) is 0 Å². The van der Waals surface area contributed by atoms with Gasteiger partial charge in [-0.05, 0) is 12.5 Å². The zero-order valence-electron chi connectivity index (χ0n) is 9.44. The fourth-order valence-corrected chi connectivity index (χ4v) is 1.88. The standard InChI is InChI=1S/C10H12N4O4/c11-10(9(15)16)3-4-13(6-10)8-2-1-7(5-12-8)14(17)18/h1-2,5H,3-4,6,11H2,(H,15,16). The number of rotatable bonds is 3. The summed E-state index contributed by atoms with van der Waals surface area (Å²) < 4.78 is 0. The molecule has 0 saturated carbocycles. The molecule has 0 bridgehead atoms. The summed E-state index contributed by atoms with van der Waals surface area (Å²) in [5.74, 6) is -0.555. The largest absolute Gasteiger partial charge is 0.480 e. The van der Waals surface area contributed by atoms with Gasteiger partial charge in [-0.3, -0.25) is 14.9 Å². The van der Waals surface area contributed by atoms with Crippen LogP contribution in [-0.2, 0) is 4.79 Å². The van der Waals surface area contributed by atoms with E-state index < -0.39 is 16.4 Å². The number of carbonyl (C=O) groups is 1. The molecule has 1 saturated heterocycles. The highest BCUT2D eigenvalue weighted by Crippen LogP contribution is 2.24. The molecule has 96 valence electrons. The minimum Gasteiger partial charge on any atom is -0.480 e. The molecule has 3 N–H and O–H groups in total. The second-order valence-electron chi connectivity index (χ2n) is 4.26. The summed E-state index contributed by atoms with van der Waals surface area (Å²) in [5.41, 5.74) is 4.35. The van der Waals surface area contributed by atoms with E-state index in [1.54, 1.807) is 4.90 Å². The Morgan fingerprint density at radius 3 is 2.78 bits per heavy atom. The van der Waals surface area contributed by atoms with Gasteiger partial charge in [-0.1, -0.05) is 0 Å². The maximum Gasteiger partial charge on any atom is 0.325 e. The Bertz CT molecular complexity index is 489. The summed E-state index contributed by atoms with van der Waals surface area (Å²) in [6.07, 6.45) is 1.47. The van der Waals surface area contributed by atoms with Crippen molar-refractivity contribution < 1.29 is 14.8 Å². The molecule has 1 fully saturated rings. The first-order valence-electron chi connectivity index (χ1n) is 5.30. The van der Waals surface area contributed by atoms with Gasteiger partial charge in [-0.15, -0.1) is 0 Å². The number of nitrogens with two attached hydrogens (primary N) is 1. The van der Waals surface area contributed by atoms with Crippen LogP contribution in [0.2, 0.25) is 0 Å². The Kier molecular flexibility index (Phi) is 2.87. The molecule has 0 aliphatic carbocycles. The molecule has 2 rings (SSSR count). The SMILES string of the molecule is NC1(C(=O)O)CCN(c2ccc([N+](=O)[O-])cn2)C1. The number of carboxylic acid groups (broad SMARTS) is 1. The van der Waals surface area contributed by atoms with Crippen molar-refractivity contribution >= 4 is 17.5 Å². The molecule has 1 aromatic heterocycles. The number of pyridine rings is 1. The van der Waals surface area contributed by atoms with Gasteiger partial charge in [0.05, 0.1) is 4.92 Å². The zero-order valence-corrected chi connectivity index (χ0v) is 9.44. The zero-order chi connectivity index (χ0) is 13.3. The van der Waals surface area contributed by atoms with Crippen LogP contribution in [0.4, 0.5) is 11.5 Å². The molecule has 8 heteroatoms. The summed E-state index contributed by atoms with van der Waals surface area (Å²) in [7, 11) is 0. The average Bonchev–Trinajstić information content (AvgIpc) is 2.73. The molecule has 1 aliphatic rings. The topological polar surface area (TPSA) is 123 Å². The number of hydrogen-bond acceptors (Lipinski definition) is 6. The monoisotopic (exact) mass is 252 g/mol. The molecular formula is C10H12N4O4. The summed E-state index contributed by atoms with van der Waals surface area (Å²) >= 11 is 0.